The molecular weight excluding hydrogens is 789 g/mol. The van der Waals surface area contributed by atoms with E-state index in [2.05, 4.69) is 235 Å². The van der Waals surface area contributed by atoms with Crippen LogP contribution in [0.3, 0.4) is 0 Å². The third kappa shape index (κ3) is 6.11. The second-order valence-electron chi connectivity index (χ2n) is 16.7. The summed E-state index contributed by atoms with van der Waals surface area (Å²) in [5.74, 6) is 1.86. The molecule has 0 aliphatic heterocycles. The lowest BCUT2D eigenvalue weighted by molar-refractivity contribution is 1.08. The molecule has 4 nitrogen and oxygen atoms in total. The highest BCUT2D eigenvalue weighted by atomic mass is 15.0. The van der Waals surface area contributed by atoms with Gasteiger partial charge in [-0.05, 0) is 73.1 Å². The van der Waals surface area contributed by atoms with Crippen LogP contribution in [0.4, 0.5) is 0 Å². The molecule has 2 heterocycles. The summed E-state index contributed by atoms with van der Waals surface area (Å²) in [4.78, 5) is 16.2. The summed E-state index contributed by atoms with van der Waals surface area (Å²) in [6.07, 6.45) is 0. The zero-order valence-electron chi connectivity index (χ0n) is 35.2. The number of benzene rings is 11. The first-order chi connectivity index (χ1) is 32.2. The largest absolute Gasteiger partial charge is 0.307 e. The van der Waals surface area contributed by atoms with Crippen molar-refractivity contribution < 1.29 is 0 Å². The number of fused-ring (bicyclic) bond motifs is 8. The minimum absolute atomic E-state index is 0.602. The molecule has 65 heavy (non-hydrogen) atoms. The zero-order valence-corrected chi connectivity index (χ0v) is 35.2. The summed E-state index contributed by atoms with van der Waals surface area (Å²) in [6.45, 7) is 0. The molecule has 0 bridgehead atoms. The molecule has 0 unspecified atom stereocenters. The van der Waals surface area contributed by atoms with E-state index in [1.807, 2.05) is 0 Å². The first-order valence-electron chi connectivity index (χ1n) is 22.1. The Bertz CT molecular complexity index is 3830. The molecule has 11 aromatic carbocycles. The Kier molecular flexibility index (Phi) is 8.50. The Morgan fingerprint density at radius 3 is 1.28 bits per heavy atom. The van der Waals surface area contributed by atoms with Crippen LogP contribution in [-0.4, -0.2) is 19.5 Å². The number of hydrogen-bond acceptors (Lipinski definition) is 3. The third-order valence-electron chi connectivity index (χ3n) is 13.0. The van der Waals surface area contributed by atoms with Crippen molar-refractivity contribution in [2.24, 2.45) is 0 Å². The van der Waals surface area contributed by atoms with E-state index >= 15 is 0 Å². The molecule has 0 spiro atoms. The lowest BCUT2D eigenvalue weighted by Crippen LogP contribution is -2.04. The first kappa shape index (κ1) is 36.9. The zero-order chi connectivity index (χ0) is 42.8. The fourth-order valence-corrected chi connectivity index (χ4v) is 9.96. The highest BCUT2D eigenvalue weighted by Crippen LogP contribution is 2.46. The molecule has 0 radical (unpaired) electrons. The Morgan fingerprint density at radius 1 is 0.262 bits per heavy atom. The van der Waals surface area contributed by atoms with Gasteiger partial charge in [0, 0.05) is 44.0 Å². The minimum Gasteiger partial charge on any atom is -0.307 e. The number of nitrogens with zero attached hydrogens (tertiary/aromatic N) is 4. The maximum atomic E-state index is 5.44. The highest BCUT2D eigenvalue weighted by molar-refractivity contribution is 6.21. The predicted octanol–water partition coefficient (Wildman–Crippen LogP) is 15.9. The van der Waals surface area contributed by atoms with Gasteiger partial charge in [0.05, 0.1) is 16.7 Å². The molecular formula is C61H38N4. The second-order valence-corrected chi connectivity index (χ2v) is 16.7. The number of aromatic nitrogens is 4. The van der Waals surface area contributed by atoms with E-state index in [1.54, 1.807) is 0 Å². The van der Waals surface area contributed by atoms with Gasteiger partial charge >= 0.3 is 0 Å². The van der Waals surface area contributed by atoms with Gasteiger partial charge in [-0.15, -0.1) is 0 Å². The van der Waals surface area contributed by atoms with Gasteiger partial charge in [-0.3, -0.25) is 0 Å². The first-order valence-corrected chi connectivity index (χ1v) is 22.1. The van der Waals surface area contributed by atoms with E-state index < -0.39 is 0 Å². The van der Waals surface area contributed by atoms with E-state index in [0.717, 1.165) is 71.7 Å². The molecule has 0 N–H and O–H groups in total. The summed E-state index contributed by atoms with van der Waals surface area (Å²) in [5.41, 5.74) is 10.6. The van der Waals surface area contributed by atoms with E-state index in [-0.39, 0.29) is 0 Å². The molecule has 0 atom stereocenters. The monoisotopic (exact) mass is 826 g/mol. The summed E-state index contributed by atoms with van der Waals surface area (Å²) in [7, 11) is 0. The van der Waals surface area contributed by atoms with Crippen LogP contribution in [0, 0.1) is 0 Å². The Labute approximate surface area is 375 Å². The van der Waals surface area contributed by atoms with Gasteiger partial charge in [0.25, 0.3) is 0 Å². The SMILES string of the molecule is c1ccc(-c2cc(-c3nc(-c4cccc5ccccc45)nc(-c4cccc5ccccc45)n3)cc(-c3ccccc3)c2-n2c3cc4ccccc4cc3c3ccc4ccccc4c32)cc1. The summed E-state index contributed by atoms with van der Waals surface area (Å²) < 4.78 is 2.53. The molecule has 0 aliphatic rings. The standard InChI is InChI=1S/C61H38N4/c1-3-17-41(18-4-1)53-36-46(59-62-60(51-31-15-26-39-21-9-12-28-47(39)51)64-61(63-59)52-32-16-27-40-22-10-13-29-48(40)52)37-54(42-19-5-2-6-20-42)58(53)65-56-38-45-25-8-7-24-44(45)35-55(56)50-34-33-43-23-11-14-30-49(43)57(50)65/h1-38H. The van der Waals surface area contributed by atoms with Gasteiger partial charge < -0.3 is 4.57 Å². The van der Waals surface area contributed by atoms with Crippen molar-refractivity contribution in [3.05, 3.63) is 231 Å². The second kappa shape index (κ2) is 15.0. The van der Waals surface area contributed by atoms with Gasteiger partial charge in [0.2, 0.25) is 0 Å². The van der Waals surface area contributed by atoms with Crippen LogP contribution < -0.4 is 0 Å². The van der Waals surface area contributed by atoms with Crippen LogP contribution in [0.5, 0.6) is 0 Å². The number of hydrogen-bond donors (Lipinski definition) is 0. The Hall–Kier alpha value is -8.73. The minimum atomic E-state index is 0.602. The lowest BCUT2D eigenvalue weighted by atomic mass is 9.92. The molecule has 0 aliphatic carbocycles. The Morgan fingerprint density at radius 2 is 0.708 bits per heavy atom. The van der Waals surface area contributed by atoms with Crippen LogP contribution in [0.25, 0.3) is 127 Å². The third-order valence-corrected chi connectivity index (χ3v) is 13.0. The molecule has 13 rings (SSSR count). The number of rotatable bonds is 6. The van der Waals surface area contributed by atoms with Crippen molar-refractivity contribution in [1.82, 2.24) is 19.5 Å². The highest BCUT2D eigenvalue weighted by Gasteiger charge is 2.25. The van der Waals surface area contributed by atoms with Crippen LogP contribution in [0.2, 0.25) is 0 Å². The fraction of sp³-hybridized carbons (Fsp3) is 0. The normalized spacial score (nSPS) is 11.7. The lowest BCUT2D eigenvalue weighted by Gasteiger charge is -2.21. The van der Waals surface area contributed by atoms with Gasteiger partial charge in [-0.2, -0.15) is 0 Å². The maximum Gasteiger partial charge on any atom is 0.164 e. The van der Waals surface area contributed by atoms with Gasteiger partial charge in [0.15, 0.2) is 17.5 Å². The van der Waals surface area contributed by atoms with E-state index in [4.69, 9.17) is 15.0 Å². The van der Waals surface area contributed by atoms with Crippen molar-refractivity contribution in [2.45, 2.75) is 0 Å². The van der Waals surface area contributed by atoms with Crippen molar-refractivity contribution in [2.75, 3.05) is 0 Å². The smallest absolute Gasteiger partial charge is 0.164 e. The van der Waals surface area contributed by atoms with E-state index in [9.17, 15) is 0 Å². The molecule has 0 fully saturated rings. The van der Waals surface area contributed by atoms with Crippen LogP contribution in [0.1, 0.15) is 0 Å². The van der Waals surface area contributed by atoms with Crippen molar-refractivity contribution in [1.29, 1.82) is 0 Å². The van der Waals surface area contributed by atoms with Crippen LogP contribution >= 0.6 is 0 Å². The van der Waals surface area contributed by atoms with Crippen molar-refractivity contribution in [3.8, 4) is 62.1 Å². The van der Waals surface area contributed by atoms with Crippen molar-refractivity contribution in [3.63, 3.8) is 0 Å². The summed E-state index contributed by atoms with van der Waals surface area (Å²) >= 11 is 0. The summed E-state index contributed by atoms with van der Waals surface area (Å²) in [5, 5.41) is 11.7. The average Bonchev–Trinajstić information content (AvgIpc) is 3.70. The van der Waals surface area contributed by atoms with Crippen molar-refractivity contribution >= 4 is 64.9 Å². The average molecular weight is 827 g/mol. The molecule has 0 saturated heterocycles. The van der Waals surface area contributed by atoms with Gasteiger partial charge in [0.1, 0.15) is 0 Å². The fourth-order valence-electron chi connectivity index (χ4n) is 9.96. The van der Waals surface area contributed by atoms with E-state index in [0.29, 0.717) is 17.5 Å². The van der Waals surface area contributed by atoms with Gasteiger partial charge in [-0.1, -0.05) is 206 Å². The molecule has 2 aromatic heterocycles. The molecule has 13 aromatic rings. The predicted molar refractivity (Wildman–Crippen MR) is 271 cm³/mol. The van der Waals surface area contributed by atoms with Crippen LogP contribution in [-0.2, 0) is 0 Å². The summed E-state index contributed by atoms with van der Waals surface area (Å²) in [6, 6.07) is 82.5. The molecule has 0 amide bonds. The molecule has 0 saturated carbocycles. The molecule has 4 heteroatoms. The van der Waals surface area contributed by atoms with Gasteiger partial charge in [-0.25, -0.2) is 15.0 Å². The van der Waals surface area contributed by atoms with E-state index in [1.165, 1.54) is 37.8 Å². The van der Waals surface area contributed by atoms with Crippen LogP contribution in [0.15, 0.2) is 231 Å². The molecule has 302 valence electrons. The Balaban J connectivity index is 1.18. The quantitative estimate of drug-likeness (QED) is 0.168. The topological polar surface area (TPSA) is 43.6 Å². The maximum absolute atomic E-state index is 5.44.